The van der Waals surface area contributed by atoms with Crippen molar-refractivity contribution >= 4 is 11.6 Å². The minimum absolute atomic E-state index is 0.0431. The molecule has 110 valence electrons. The van der Waals surface area contributed by atoms with Crippen LogP contribution in [0.5, 0.6) is 5.75 Å². The molecule has 2 rings (SSSR count). The van der Waals surface area contributed by atoms with Crippen LogP contribution in [-0.4, -0.2) is 31.8 Å². The molecule has 0 bridgehead atoms. The third-order valence-electron chi connectivity index (χ3n) is 3.66. The maximum Gasteiger partial charge on any atom is 0.257 e. The zero-order chi connectivity index (χ0) is 14.5. The zero-order valence-corrected chi connectivity index (χ0v) is 12.0. The molecular weight excluding hydrogens is 256 g/mol. The first kappa shape index (κ1) is 14.7. The first-order valence-corrected chi connectivity index (χ1v) is 7.02. The lowest BCUT2D eigenvalue weighted by atomic mass is 10.1. The molecule has 0 aliphatic heterocycles. The van der Waals surface area contributed by atoms with Crippen molar-refractivity contribution in [1.82, 2.24) is 5.32 Å². The molecule has 3 N–H and O–H groups in total. The summed E-state index contributed by atoms with van der Waals surface area (Å²) >= 11 is 0. The summed E-state index contributed by atoms with van der Waals surface area (Å²) in [6, 6.07) is 5.29. The van der Waals surface area contributed by atoms with Gasteiger partial charge in [-0.15, -0.1) is 0 Å². The van der Waals surface area contributed by atoms with Crippen LogP contribution in [0.3, 0.4) is 0 Å². The third kappa shape index (κ3) is 3.04. The van der Waals surface area contributed by atoms with E-state index in [1.54, 1.807) is 25.3 Å². The van der Waals surface area contributed by atoms with Crippen LogP contribution in [0.15, 0.2) is 18.2 Å². The highest BCUT2D eigenvalue weighted by Gasteiger charge is 2.29. The molecule has 1 saturated carbocycles. The molecule has 1 fully saturated rings. The van der Waals surface area contributed by atoms with E-state index in [1.165, 1.54) is 0 Å². The standard InChI is InChI=1S/C15H22N2O3/c1-3-20-13-9-4-6-10(16)14(13)15(18)17-11-7-5-8-12(11)19-2/h4,6,9,11-12H,3,5,7-8,16H2,1-2H3,(H,17,18). The van der Waals surface area contributed by atoms with Gasteiger partial charge in [0.25, 0.3) is 5.91 Å². The number of methoxy groups -OCH3 is 1. The number of nitrogens with one attached hydrogen (secondary N) is 1. The summed E-state index contributed by atoms with van der Waals surface area (Å²) < 4.78 is 10.9. The summed E-state index contributed by atoms with van der Waals surface area (Å²) in [5.41, 5.74) is 6.77. The topological polar surface area (TPSA) is 73.6 Å². The van der Waals surface area contributed by atoms with Gasteiger partial charge in [0.05, 0.1) is 18.8 Å². The fourth-order valence-electron chi connectivity index (χ4n) is 2.68. The van der Waals surface area contributed by atoms with Gasteiger partial charge >= 0.3 is 0 Å². The molecule has 1 aliphatic carbocycles. The van der Waals surface area contributed by atoms with Gasteiger partial charge in [0.15, 0.2) is 0 Å². The smallest absolute Gasteiger partial charge is 0.257 e. The Hall–Kier alpha value is -1.75. The Labute approximate surface area is 119 Å². The minimum Gasteiger partial charge on any atom is -0.493 e. The SMILES string of the molecule is CCOc1cccc(N)c1C(=O)NC1CCCC1OC. The summed E-state index contributed by atoms with van der Waals surface area (Å²) in [6.07, 6.45) is 3.05. The van der Waals surface area contributed by atoms with Gasteiger partial charge in [0, 0.05) is 12.8 Å². The van der Waals surface area contributed by atoms with Gasteiger partial charge < -0.3 is 20.5 Å². The number of amides is 1. The number of nitrogen functional groups attached to an aromatic ring is 1. The second kappa shape index (κ2) is 6.61. The number of nitrogens with two attached hydrogens (primary N) is 1. The van der Waals surface area contributed by atoms with Gasteiger partial charge in [-0.1, -0.05) is 6.07 Å². The largest absolute Gasteiger partial charge is 0.493 e. The van der Waals surface area contributed by atoms with Gasteiger partial charge in [0.1, 0.15) is 11.3 Å². The van der Waals surface area contributed by atoms with Crippen LogP contribution in [0, 0.1) is 0 Å². The average Bonchev–Trinajstić information content (AvgIpc) is 2.86. The van der Waals surface area contributed by atoms with E-state index in [-0.39, 0.29) is 18.1 Å². The van der Waals surface area contributed by atoms with E-state index in [0.29, 0.717) is 23.6 Å². The van der Waals surface area contributed by atoms with E-state index in [1.807, 2.05) is 6.92 Å². The second-order valence-corrected chi connectivity index (χ2v) is 4.94. The molecular formula is C15H22N2O3. The first-order valence-electron chi connectivity index (χ1n) is 7.02. The average molecular weight is 278 g/mol. The van der Waals surface area contributed by atoms with Crippen LogP contribution < -0.4 is 15.8 Å². The normalized spacial score (nSPS) is 21.7. The molecule has 1 aromatic rings. The summed E-state index contributed by atoms with van der Waals surface area (Å²) in [5, 5.41) is 3.01. The highest BCUT2D eigenvalue weighted by Crippen LogP contribution is 2.26. The maximum atomic E-state index is 12.5. The van der Waals surface area contributed by atoms with E-state index in [4.69, 9.17) is 15.2 Å². The third-order valence-corrected chi connectivity index (χ3v) is 3.66. The van der Waals surface area contributed by atoms with Gasteiger partial charge in [-0.25, -0.2) is 0 Å². The van der Waals surface area contributed by atoms with E-state index < -0.39 is 0 Å². The minimum atomic E-state index is -0.194. The number of hydrogen-bond donors (Lipinski definition) is 2. The Balaban J connectivity index is 2.16. The van der Waals surface area contributed by atoms with Crippen LogP contribution in [0.1, 0.15) is 36.5 Å². The van der Waals surface area contributed by atoms with Crippen molar-refractivity contribution in [2.45, 2.75) is 38.3 Å². The predicted octanol–water partition coefficient (Wildman–Crippen LogP) is 1.96. The predicted molar refractivity (Wildman–Crippen MR) is 77.9 cm³/mol. The van der Waals surface area contributed by atoms with E-state index in [2.05, 4.69) is 5.32 Å². The summed E-state index contributed by atoms with van der Waals surface area (Å²) in [5.74, 6) is 0.331. The molecule has 0 heterocycles. The molecule has 20 heavy (non-hydrogen) atoms. The van der Waals surface area contributed by atoms with Crippen LogP contribution in [-0.2, 0) is 4.74 Å². The zero-order valence-electron chi connectivity index (χ0n) is 12.0. The lowest BCUT2D eigenvalue weighted by Gasteiger charge is -2.21. The van der Waals surface area contributed by atoms with Crippen molar-refractivity contribution in [3.8, 4) is 5.75 Å². The first-order chi connectivity index (χ1) is 9.67. The highest BCUT2D eigenvalue weighted by molar-refractivity contribution is 6.02. The van der Waals surface area contributed by atoms with Crippen molar-refractivity contribution in [3.05, 3.63) is 23.8 Å². The van der Waals surface area contributed by atoms with Crippen LogP contribution in [0.2, 0.25) is 0 Å². The molecule has 0 aromatic heterocycles. The van der Waals surface area contributed by atoms with Crippen molar-refractivity contribution in [2.75, 3.05) is 19.5 Å². The molecule has 0 saturated heterocycles. The van der Waals surface area contributed by atoms with Gasteiger partial charge in [-0.05, 0) is 38.3 Å². The molecule has 2 atom stereocenters. The van der Waals surface area contributed by atoms with E-state index in [0.717, 1.165) is 19.3 Å². The number of carbonyl (C=O) groups excluding carboxylic acids is 1. The summed E-state index contributed by atoms with van der Waals surface area (Å²) in [7, 11) is 1.68. The monoisotopic (exact) mass is 278 g/mol. The van der Waals surface area contributed by atoms with E-state index >= 15 is 0 Å². The quantitative estimate of drug-likeness (QED) is 0.808. The molecule has 0 radical (unpaired) electrons. The Morgan fingerprint density at radius 1 is 1.45 bits per heavy atom. The molecule has 5 nitrogen and oxygen atoms in total. The lowest BCUT2D eigenvalue weighted by molar-refractivity contribution is 0.0720. The van der Waals surface area contributed by atoms with Crippen LogP contribution in [0.25, 0.3) is 0 Å². The highest BCUT2D eigenvalue weighted by atomic mass is 16.5. The number of benzene rings is 1. The fourth-order valence-corrected chi connectivity index (χ4v) is 2.68. The summed E-state index contributed by atoms with van der Waals surface area (Å²) in [4.78, 5) is 12.5. The van der Waals surface area contributed by atoms with Crippen molar-refractivity contribution in [1.29, 1.82) is 0 Å². The maximum absolute atomic E-state index is 12.5. The number of carbonyl (C=O) groups is 1. The van der Waals surface area contributed by atoms with Crippen LogP contribution >= 0.6 is 0 Å². The van der Waals surface area contributed by atoms with Gasteiger partial charge in [-0.3, -0.25) is 4.79 Å². The fraction of sp³-hybridized carbons (Fsp3) is 0.533. The Bertz CT molecular complexity index is 476. The number of rotatable bonds is 5. The Kier molecular flexibility index (Phi) is 4.84. The molecule has 2 unspecified atom stereocenters. The summed E-state index contributed by atoms with van der Waals surface area (Å²) in [6.45, 7) is 2.37. The molecule has 5 heteroatoms. The second-order valence-electron chi connectivity index (χ2n) is 4.94. The van der Waals surface area contributed by atoms with Crippen molar-refractivity contribution < 1.29 is 14.3 Å². The number of anilines is 1. The lowest BCUT2D eigenvalue weighted by Crippen LogP contribution is -2.41. The van der Waals surface area contributed by atoms with Gasteiger partial charge in [-0.2, -0.15) is 0 Å². The Morgan fingerprint density at radius 2 is 2.25 bits per heavy atom. The van der Waals surface area contributed by atoms with Crippen molar-refractivity contribution in [2.24, 2.45) is 0 Å². The Morgan fingerprint density at radius 3 is 2.95 bits per heavy atom. The number of ether oxygens (including phenoxy) is 2. The molecule has 0 spiro atoms. The van der Waals surface area contributed by atoms with Gasteiger partial charge in [0.2, 0.25) is 0 Å². The van der Waals surface area contributed by atoms with E-state index in [9.17, 15) is 4.79 Å². The number of hydrogen-bond acceptors (Lipinski definition) is 4. The molecule has 1 aromatic carbocycles. The molecule has 1 amide bonds. The van der Waals surface area contributed by atoms with Crippen LogP contribution in [0.4, 0.5) is 5.69 Å². The molecule has 1 aliphatic rings. The van der Waals surface area contributed by atoms with Crippen molar-refractivity contribution in [3.63, 3.8) is 0 Å².